The van der Waals surface area contributed by atoms with Crippen LogP contribution in [0, 0.1) is 0 Å². The molecule has 1 aliphatic heterocycles. The lowest BCUT2D eigenvalue weighted by Gasteiger charge is -2.14. The number of para-hydroxylation sites is 1. The molecule has 1 aromatic rings. The fourth-order valence-electron chi connectivity index (χ4n) is 2.15. The van der Waals surface area contributed by atoms with E-state index < -0.39 is 18.2 Å². The molecule has 0 aromatic heterocycles. The minimum atomic E-state index is -1.03. The molecule has 2 N–H and O–H groups in total. The molecule has 1 amide bonds. The molecule has 108 valence electrons. The van der Waals surface area contributed by atoms with Gasteiger partial charge in [0, 0.05) is 18.4 Å². The van der Waals surface area contributed by atoms with Crippen molar-refractivity contribution >= 4 is 17.6 Å². The van der Waals surface area contributed by atoms with Gasteiger partial charge in [-0.25, -0.2) is 4.79 Å². The van der Waals surface area contributed by atoms with E-state index in [2.05, 4.69) is 5.32 Å². The van der Waals surface area contributed by atoms with E-state index in [9.17, 15) is 9.59 Å². The molecular formula is C14H17NO5. The maximum Gasteiger partial charge on any atom is 0.332 e. The van der Waals surface area contributed by atoms with E-state index in [0.29, 0.717) is 25.1 Å². The molecule has 0 radical (unpaired) electrons. The number of hydrogen-bond acceptors (Lipinski definition) is 4. The Morgan fingerprint density at radius 2 is 2.05 bits per heavy atom. The van der Waals surface area contributed by atoms with Crippen molar-refractivity contribution in [3.8, 4) is 0 Å². The molecule has 1 fully saturated rings. The Balaban J connectivity index is 2.00. The van der Waals surface area contributed by atoms with Crippen LogP contribution in [0.4, 0.5) is 5.69 Å². The third-order valence-electron chi connectivity index (χ3n) is 3.16. The number of ether oxygens (including phenoxy) is 2. The van der Waals surface area contributed by atoms with Crippen LogP contribution in [0.15, 0.2) is 24.3 Å². The monoisotopic (exact) mass is 279 g/mol. The van der Waals surface area contributed by atoms with Crippen molar-refractivity contribution in [1.82, 2.24) is 0 Å². The SMILES string of the molecule is COCc1ccccc1NC(=O)[C@@H]1CC[C@H](C(=O)O)O1. The third kappa shape index (κ3) is 3.34. The largest absolute Gasteiger partial charge is 0.479 e. The fourth-order valence-corrected chi connectivity index (χ4v) is 2.15. The van der Waals surface area contributed by atoms with Gasteiger partial charge >= 0.3 is 5.97 Å². The lowest BCUT2D eigenvalue weighted by atomic mass is 10.1. The first-order valence-electron chi connectivity index (χ1n) is 6.37. The highest BCUT2D eigenvalue weighted by Gasteiger charge is 2.34. The summed E-state index contributed by atoms with van der Waals surface area (Å²) in [6.07, 6.45) is -0.839. The van der Waals surface area contributed by atoms with Crippen molar-refractivity contribution in [2.75, 3.05) is 12.4 Å². The summed E-state index contributed by atoms with van der Waals surface area (Å²) < 4.78 is 10.3. The smallest absolute Gasteiger partial charge is 0.332 e. The number of rotatable bonds is 5. The van der Waals surface area contributed by atoms with Crippen LogP contribution in [0.5, 0.6) is 0 Å². The highest BCUT2D eigenvalue weighted by Crippen LogP contribution is 2.22. The van der Waals surface area contributed by atoms with Gasteiger partial charge in [0.2, 0.25) is 0 Å². The van der Waals surface area contributed by atoms with Gasteiger partial charge in [-0.2, -0.15) is 0 Å². The summed E-state index contributed by atoms with van der Waals surface area (Å²) in [5, 5.41) is 11.6. The van der Waals surface area contributed by atoms with E-state index >= 15 is 0 Å². The molecule has 0 saturated carbocycles. The molecule has 1 saturated heterocycles. The first-order chi connectivity index (χ1) is 9.61. The van der Waals surface area contributed by atoms with Gasteiger partial charge in [-0.1, -0.05) is 18.2 Å². The van der Waals surface area contributed by atoms with Crippen molar-refractivity contribution in [1.29, 1.82) is 0 Å². The first kappa shape index (κ1) is 14.5. The molecule has 1 aromatic carbocycles. The predicted octanol–water partition coefficient (Wildman–Crippen LogP) is 1.40. The minimum Gasteiger partial charge on any atom is -0.479 e. The van der Waals surface area contributed by atoms with Crippen LogP contribution < -0.4 is 5.32 Å². The molecule has 0 spiro atoms. The zero-order valence-electron chi connectivity index (χ0n) is 11.2. The standard InChI is InChI=1S/C14H17NO5/c1-19-8-9-4-2-3-5-10(9)15-13(16)11-6-7-12(20-11)14(17)18/h2-5,11-12H,6-8H2,1H3,(H,15,16)(H,17,18)/t11-,12+/m0/s1. The molecule has 2 rings (SSSR count). The van der Waals surface area contributed by atoms with Gasteiger partial charge in [-0.3, -0.25) is 4.79 Å². The summed E-state index contributed by atoms with van der Waals surface area (Å²) in [6, 6.07) is 7.30. The highest BCUT2D eigenvalue weighted by molar-refractivity contribution is 5.95. The lowest BCUT2D eigenvalue weighted by Crippen LogP contribution is -2.30. The van der Waals surface area contributed by atoms with E-state index in [1.54, 1.807) is 13.2 Å². The molecule has 1 aliphatic rings. The Labute approximate surface area is 116 Å². The molecular weight excluding hydrogens is 262 g/mol. The van der Waals surface area contributed by atoms with E-state index in [0.717, 1.165) is 5.56 Å². The number of aliphatic carboxylic acids is 1. The number of benzene rings is 1. The van der Waals surface area contributed by atoms with Gasteiger partial charge in [0.15, 0.2) is 6.10 Å². The van der Waals surface area contributed by atoms with Gasteiger partial charge in [0.1, 0.15) is 6.10 Å². The van der Waals surface area contributed by atoms with Crippen molar-refractivity contribution in [3.05, 3.63) is 29.8 Å². The van der Waals surface area contributed by atoms with Crippen molar-refractivity contribution in [2.24, 2.45) is 0 Å². The van der Waals surface area contributed by atoms with Crippen LogP contribution in [-0.4, -0.2) is 36.3 Å². The molecule has 6 heteroatoms. The minimum absolute atomic E-state index is 0.322. The van der Waals surface area contributed by atoms with Gasteiger partial charge < -0.3 is 19.9 Å². The van der Waals surface area contributed by atoms with Crippen LogP contribution in [-0.2, 0) is 25.7 Å². The number of amides is 1. The summed E-state index contributed by atoms with van der Waals surface area (Å²) in [7, 11) is 1.58. The Hall–Kier alpha value is -1.92. The zero-order valence-corrected chi connectivity index (χ0v) is 11.2. The van der Waals surface area contributed by atoms with Gasteiger partial charge in [0.05, 0.1) is 6.61 Å². The van der Waals surface area contributed by atoms with Crippen molar-refractivity contribution < 1.29 is 24.2 Å². The summed E-state index contributed by atoms with van der Waals surface area (Å²) in [5.74, 6) is -1.35. The van der Waals surface area contributed by atoms with E-state index in [1.165, 1.54) is 0 Å². The molecule has 0 bridgehead atoms. The van der Waals surface area contributed by atoms with Crippen LogP contribution >= 0.6 is 0 Å². The Kier molecular flexibility index (Phi) is 4.70. The summed E-state index contributed by atoms with van der Waals surface area (Å²) in [6.45, 7) is 0.389. The number of carboxylic acids is 1. The Morgan fingerprint density at radius 3 is 2.70 bits per heavy atom. The Bertz CT molecular complexity index is 502. The molecule has 6 nitrogen and oxygen atoms in total. The number of nitrogens with one attached hydrogen (secondary N) is 1. The van der Waals surface area contributed by atoms with E-state index in [4.69, 9.17) is 14.6 Å². The maximum atomic E-state index is 12.1. The van der Waals surface area contributed by atoms with E-state index in [-0.39, 0.29) is 5.91 Å². The third-order valence-corrected chi connectivity index (χ3v) is 3.16. The second kappa shape index (κ2) is 6.49. The first-order valence-corrected chi connectivity index (χ1v) is 6.37. The normalized spacial score (nSPS) is 21.6. The number of methoxy groups -OCH3 is 1. The number of carbonyl (C=O) groups is 2. The average Bonchev–Trinajstić information content (AvgIpc) is 2.91. The number of carboxylic acid groups (broad SMARTS) is 1. The zero-order chi connectivity index (χ0) is 14.5. The van der Waals surface area contributed by atoms with Gasteiger partial charge in [0.25, 0.3) is 5.91 Å². The lowest BCUT2D eigenvalue weighted by molar-refractivity contribution is -0.150. The molecule has 2 atom stereocenters. The second-order valence-electron chi connectivity index (χ2n) is 4.61. The quantitative estimate of drug-likeness (QED) is 0.851. The molecule has 0 aliphatic carbocycles. The van der Waals surface area contributed by atoms with Gasteiger partial charge in [-0.15, -0.1) is 0 Å². The topological polar surface area (TPSA) is 84.9 Å². The van der Waals surface area contributed by atoms with E-state index in [1.807, 2.05) is 18.2 Å². The maximum absolute atomic E-state index is 12.1. The van der Waals surface area contributed by atoms with Crippen LogP contribution in [0.2, 0.25) is 0 Å². The summed E-state index contributed by atoms with van der Waals surface area (Å²) in [5.41, 5.74) is 1.51. The van der Waals surface area contributed by atoms with Crippen LogP contribution in [0.3, 0.4) is 0 Å². The predicted molar refractivity (Wildman–Crippen MR) is 71.3 cm³/mol. The van der Waals surface area contributed by atoms with Gasteiger partial charge in [-0.05, 0) is 18.9 Å². The molecule has 20 heavy (non-hydrogen) atoms. The Morgan fingerprint density at radius 1 is 1.35 bits per heavy atom. The number of hydrogen-bond donors (Lipinski definition) is 2. The van der Waals surface area contributed by atoms with Crippen LogP contribution in [0.1, 0.15) is 18.4 Å². The second-order valence-corrected chi connectivity index (χ2v) is 4.61. The van der Waals surface area contributed by atoms with Crippen molar-refractivity contribution in [3.63, 3.8) is 0 Å². The number of anilines is 1. The average molecular weight is 279 g/mol. The summed E-state index contributed by atoms with van der Waals surface area (Å²) >= 11 is 0. The fraction of sp³-hybridized carbons (Fsp3) is 0.429. The highest BCUT2D eigenvalue weighted by atomic mass is 16.5. The molecule has 0 unspecified atom stereocenters. The summed E-state index contributed by atoms with van der Waals surface area (Å²) in [4.78, 5) is 22.9. The number of carbonyl (C=O) groups excluding carboxylic acids is 1. The molecule has 1 heterocycles. The van der Waals surface area contributed by atoms with Crippen LogP contribution in [0.25, 0.3) is 0 Å². The van der Waals surface area contributed by atoms with Crippen molar-refractivity contribution in [2.45, 2.75) is 31.7 Å².